The molecule has 2 N–H and O–H groups in total. The van der Waals surface area contributed by atoms with Gasteiger partial charge in [0, 0.05) is 12.6 Å². The van der Waals surface area contributed by atoms with Gasteiger partial charge in [-0.2, -0.15) is 0 Å². The smallest absolute Gasteiger partial charge is 0.147 e. The Balaban J connectivity index is 1.96. The Kier molecular flexibility index (Phi) is 4.39. The molecule has 1 aromatic heterocycles. The van der Waals surface area contributed by atoms with E-state index >= 15 is 0 Å². The quantitative estimate of drug-likeness (QED) is 0.840. The van der Waals surface area contributed by atoms with Crippen LogP contribution in [0.15, 0.2) is 12.4 Å². The third-order valence-electron chi connectivity index (χ3n) is 3.99. The van der Waals surface area contributed by atoms with Gasteiger partial charge in [-0.1, -0.05) is 20.8 Å². The SMILES string of the molecule is CCCNc1cncc(NC2CCC(C)C2C)n1. The van der Waals surface area contributed by atoms with Crippen LogP contribution in [0.2, 0.25) is 0 Å². The van der Waals surface area contributed by atoms with Gasteiger partial charge in [-0.25, -0.2) is 4.98 Å². The Labute approximate surface area is 110 Å². The van der Waals surface area contributed by atoms with Gasteiger partial charge < -0.3 is 10.6 Å². The summed E-state index contributed by atoms with van der Waals surface area (Å²) < 4.78 is 0. The predicted molar refractivity (Wildman–Crippen MR) is 75.8 cm³/mol. The van der Waals surface area contributed by atoms with Crippen LogP contribution in [0.3, 0.4) is 0 Å². The lowest BCUT2D eigenvalue weighted by Gasteiger charge is -2.20. The standard InChI is InChI=1S/C14H24N4/c1-4-7-16-13-8-15-9-14(18-13)17-12-6-5-10(2)11(12)3/h8-12H,4-7H2,1-3H3,(H2,16,17,18). The zero-order valence-corrected chi connectivity index (χ0v) is 11.6. The van der Waals surface area contributed by atoms with Gasteiger partial charge in [0.1, 0.15) is 11.6 Å². The van der Waals surface area contributed by atoms with Crippen LogP contribution in [-0.2, 0) is 0 Å². The lowest BCUT2D eigenvalue weighted by Crippen LogP contribution is -2.24. The van der Waals surface area contributed by atoms with E-state index in [1.54, 1.807) is 6.20 Å². The van der Waals surface area contributed by atoms with Crippen molar-refractivity contribution in [1.82, 2.24) is 9.97 Å². The molecule has 3 atom stereocenters. The van der Waals surface area contributed by atoms with Gasteiger partial charge in [0.2, 0.25) is 0 Å². The van der Waals surface area contributed by atoms with Crippen molar-refractivity contribution in [2.45, 2.75) is 46.1 Å². The number of aromatic nitrogens is 2. The van der Waals surface area contributed by atoms with Gasteiger partial charge in [-0.05, 0) is 31.1 Å². The molecule has 1 fully saturated rings. The van der Waals surface area contributed by atoms with E-state index in [-0.39, 0.29) is 0 Å². The van der Waals surface area contributed by atoms with E-state index in [0.29, 0.717) is 12.0 Å². The second-order valence-corrected chi connectivity index (χ2v) is 5.38. The summed E-state index contributed by atoms with van der Waals surface area (Å²) >= 11 is 0. The minimum absolute atomic E-state index is 0.538. The van der Waals surface area contributed by atoms with E-state index in [1.165, 1.54) is 12.8 Å². The maximum atomic E-state index is 4.55. The molecule has 4 heteroatoms. The molecule has 100 valence electrons. The Morgan fingerprint density at radius 3 is 2.67 bits per heavy atom. The van der Waals surface area contributed by atoms with Crippen molar-refractivity contribution in [2.75, 3.05) is 17.2 Å². The van der Waals surface area contributed by atoms with Crippen LogP contribution in [0, 0.1) is 11.8 Å². The van der Waals surface area contributed by atoms with Crippen molar-refractivity contribution in [2.24, 2.45) is 11.8 Å². The monoisotopic (exact) mass is 248 g/mol. The van der Waals surface area contributed by atoms with E-state index in [4.69, 9.17) is 0 Å². The molecule has 1 aliphatic carbocycles. The second-order valence-electron chi connectivity index (χ2n) is 5.38. The number of anilines is 2. The Bertz CT molecular complexity index is 380. The third-order valence-corrected chi connectivity index (χ3v) is 3.99. The molecule has 1 aliphatic rings. The van der Waals surface area contributed by atoms with Crippen LogP contribution >= 0.6 is 0 Å². The molecule has 0 aliphatic heterocycles. The summed E-state index contributed by atoms with van der Waals surface area (Å²) in [7, 11) is 0. The Hall–Kier alpha value is -1.32. The normalized spacial score (nSPS) is 27.2. The van der Waals surface area contributed by atoms with Crippen LogP contribution in [0.5, 0.6) is 0 Å². The van der Waals surface area contributed by atoms with E-state index < -0.39 is 0 Å². The molecular formula is C14H24N4. The van der Waals surface area contributed by atoms with Crippen molar-refractivity contribution in [1.29, 1.82) is 0 Å². The summed E-state index contributed by atoms with van der Waals surface area (Å²) in [5, 5.41) is 6.79. The van der Waals surface area contributed by atoms with Crippen molar-refractivity contribution >= 4 is 11.6 Å². The highest BCUT2D eigenvalue weighted by Crippen LogP contribution is 2.32. The van der Waals surface area contributed by atoms with Crippen molar-refractivity contribution < 1.29 is 0 Å². The minimum atomic E-state index is 0.538. The Morgan fingerprint density at radius 1 is 1.22 bits per heavy atom. The number of nitrogens with zero attached hydrogens (tertiary/aromatic N) is 2. The van der Waals surface area contributed by atoms with Gasteiger partial charge >= 0.3 is 0 Å². The van der Waals surface area contributed by atoms with Gasteiger partial charge in [-0.3, -0.25) is 4.98 Å². The first-order valence-electron chi connectivity index (χ1n) is 7.03. The topological polar surface area (TPSA) is 49.8 Å². The fraction of sp³-hybridized carbons (Fsp3) is 0.714. The molecular weight excluding hydrogens is 224 g/mol. The molecule has 1 saturated carbocycles. The average Bonchev–Trinajstić information content (AvgIpc) is 2.69. The zero-order valence-electron chi connectivity index (χ0n) is 11.6. The maximum Gasteiger partial charge on any atom is 0.147 e. The van der Waals surface area contributed by atoms with Crippen molar-refractivity contribution in [3.05, 3.63) is 12.4 Å². The lowest BCUT2D eigenvalue weighted by atomic mass is 9.98. The zero-order chi connectivity index (χ0) is 13.0. The average molecular weight is 248 g/mol. The minimum Gasteiger partial charge on any atom is -0.369 e. The number of rotatable bonds is 5. The van der Waals surface area contributed by atoms with Gasteiger partial charge in [-0.15, -0.1) is 0 Å². The first-order chi connectivity index (χ1) is 8.70. The van der Waals surface area contributed by atoms with Crippen LogP contribution in [-0.4, -0.2) is 22.6 Å². The molecule has 0 spiro atoms. The van der Waals surface area contributed by atoms with Crippen molar-refractivity contribution in [3.63, 3.8) is 0 Å². The van der Waals surface area contributed by atoms with Gasteiger partial charge in [0.25, 0.3) is 0 Å². The fourth-order valence-electron chi connectivity index (χ4n) is 2.53. The molecule has 4 nitrogen and oxygen atoms in total. The molecule has 0 amide bonds. The summed E-state index contributed by atoms with van der Waals surface area (Å²) in [4.78, 5) is 8.78. The largest absolute Gasteiger partial charge is 0.369 e. The predicted octanol–water partition coefficient (Wildman–Crippen LogP) is 3.15. The highest BCUT2D eigenvalue weighted by molar-refractivity contribution is 5.42. The molecule has 0 radical (unpaired) electrons. The molecule has 1 aromatic rings. The molecule has 18 heavy (non-hydrogen) atoms. The molecule has 0 bridgehead atoms. The molecule has 2 rings (SSSR count). The first kappa shape index (κ1) is 13.1. The number of nitrogens with one attached hydrogen (secondary N) is 2. The van der Waals surface area contributed by atoms with E-state index in [0.717, 1.165) is 30.5 Å². The maximum absolute atomic E-state index is 4.55. The Morgan fingerprint density at radius 2 is 2.00 bits per heavy atom. The van der Waals surface area contributed by atoms with Crippen molar-refractivity contribution in [3.8, 4) is 0 Å². The van der Waals surface area contributed by atoms with E-state index in [9.17, 15) is 0 Å². The second kappa shape index (κ2) is 6.03. The molecule has 0 aromatic carbocycles. The lowest BCUT2D eigenvalue weighted by molar-refractivity contribution is 0.435. The third kappa shape index (κ3) is 3.12. The van der Waals surface area contributed by atoms with Crippen LogP contribution in [0.4, 0.5) is 11.6 Å². The molecule has 3 unspecified atom stereocenters. The number of hydrogen-bond acceptors (Lipinski definition) is 4. The van der Waals surface area contributed by atoms with E-state index in [1.807, 2.05) is 6.20 Å². The first-order valence-corrected chi connectivity index (χ1v) is 7.03. The van der Waals surface area contributed by atoms with Crippen LogP contribution in [0.1, 0.15) is 40.0 Å². The highest BCUT2D eigenvalue weighted by atomic mass is 15.1. The number of hydrogen-bond donors (Lipinski definition) is 2. The highest BCUT2D eigenvalue weighted by Gasteiger charge is 2.29. The summed E-state index contributed by atoms with van der Waals surface area (Å²) in [6.07, 6.45) is 7.22. The van der Waals surface area contributed by atoms with Gasteiger partial charge in [0.15, 0.2) is 0 Å². The molecule has 0 saturated heterocycles. The summed E-state index contributed by atoms with van der Waals surface area (Å²) in [6.45, 7) is 7.73. The summed E-state index contributed by atoms with van der Waals surface area (Å²) in [6, 6.07) is 0.538. The summed E-state index contributed by atoms with van der Waals surface area (Å²) in [5.41, 5.74) is 0. The van der Waals surface area contributed by atoms with Crippen LogP contribution < -0.4 is 10.6 Å². The van der Waals surface area contributed by atoms with Crippen LogP contribution in [0.25, 0.3) is 0 Å². The van der Waals surface area contributed by atoms with Gasteiger partial charge in [0.05, 0.1) is 12.4 Å². The summed E-state index contributed by atoms with van der Waals surface area (Å²) in [5.74, 6) is 3.26. The fourth-order valence-corrected chi connectivity index (χ4v) is 2.53. The molecule has 1 heterocycles. The van der Waals surface area contributed by atoms with E-state index in [2.05, 4.69) is 41.4 Å².